The van der Waals surface area contributed by atoms with Gasteiger partial charge >= 0.3 is 0 Å². The molecule has 1 heterocycles. The van der Waals surface area contributed by atoms with Crippen molar-refractivity contribution in [2.24, 2.45) is 0 Å². The van der Waals surface area contributed by atoms with Gasteiger partial charge in [-0.15, -0.1) is 0 Å². The van der Waals surface area contributed by atoms with E-state index in [0.29, 0.717) is 12.1 Å². The predicted octanol–water partition coefficient (Wildman–Crippen LogP) is 3.23. The van der Waals surface area contributed by atoms with Crippen molar-refractivity contribution in [1.29, 1.82) is 5.26 Å². The highest BCUT2D eigenvalue weighted by atomic mass is 32.2. The Bertz CT molecular complexity index is 858. The number of sulfone groups is 1. The Morgan fingerprint density at radius 1 is 1.26 bits per heavy atom. The molecule has 0 aliphatic carbocycles. The van der Waals surface area contributed by atoms with E-state index >= 15 is 0 Å². The highest BCUT2D eigenvalue weighted by molar-refractivity contribution is 7.91. The molecule has 0 N–H and O–H groups in total. The van der Waals surface area contributed by atoms with E-state index in [0.717, 1.165) is 17.7 Å². The molecule has 0 saturated carbocycles. The molecule has 0 atom stereocenters. The van der Waals surface area contributed by atoms with Crippen molar-refractivity contribution in [3.8, 4) is 6.07 Å². The van der Waals surface area contributed by atoms with Crippen molar-refractivity contribution in [2.45, 2.75) is 37.3 Å². The van der Waals surface area contributed by atoms with Crippen molar-refractivity contribution in [1.82, 2.24) is 4.57 Å². The SMILES string of the molecule is C[Si](C)(C)CCOCn1ccc2ccc(C#N)c(S(C)(=O)=O)c21. The van der Waals surface area contributed by atoms with Gasteiger partial charge in [0.1, 0.15) is 17.7 Å². The summed E-state index contributed by atoms with van der Waals surface area (Å²) >= 11 is 0. The third kappa shape index (κ3) is 4.22. The molecule has 0 unspecified atom stereocenters. The third-order valence-electron chi connectivity index (χ3n) is 3.60. The summed E-state index contributed by atoms with van der Waals surface area (Å²) in [7, 11) is -4.67. The average molecular weight is 351 g/mol. The largest absolute Gasteiger partial charge is 0.361 e. The lowest BCUT2D eigenvalue weighted by atomic mass is 10.2. The Labute approximate surface area is 138 Å². The first-order valence-corrected chi connectivity index (χ1v) is 13.0. The zero-order valence-corrected chi connectivity index (χ0v) is 15.8. The molecule has 0 spiro atoms. The minimum atomic E-state index is -3.51. The minimum absolute atomic E-state index is 0.0799. The van der Waals surface area contributed by atoms with Gasteiger partial charge in [-0.3, -0.25) is 0 Å². The molecule has 1 aromatic heterocycles. The van der Waals surface area contributed by atoms with Crippen LogP contribution >= 0.6 is 0 Å². The number of nitriles is 1. The van der Waals surface area contributed by atoms with E-state index in [2.05, 4.69) is 19.6 Å². The normalized spacial score (nSPS) is 12.5. The number of aromatic nitrogens is 1. The Hall–Kier alpha value is -1.62. The third-order valence-corrected chi connectivity index (χ3v) is 6.46. The van der Waals surface area contributed by atoms with Gasteiger partial charge in [0.25, 0.3) is 0 Å². The van der Waals surface area contributed by atoms with Crippen LogP contribution < -0.4 is 0 Å². The van der Waals surface area contributed by atoms with E-state index in [1.807, 2.05) is 12.1 Å². The summed E-state index contributed by atoms with van der Waals surface area (Å²) in [5.41, 5.74) is 0.710. The van der Waals surface area contributed by atoms with E-state index in [-0.39, 0.29) is 17.2 Å². The molecule has 7 heteroatoms. The van der Waals surface area contributed by atoms with Gasteiger partial charge in [0.2, 0.25) is 0 Å². The first-order valence-electron chi connectivity index (χ1n) is 7.43. The average Bonchev–Trinajstić information content (AvgIpc) is 2.83. The number of ether oxygens (including phenoxy) is 1. The van der Waals surface area contributed by atoms with Crippen LogP contribution in [0.15, 0.2) is 29.3 Å². The molecule has 0 bridgehead atoms. The fourth-order valence-electron chi connectivity index (χ4n) is 2.37. The summed E-state index contributed by atoms with van der Waals surface area (Å²) in [6, 6.07) is 8.18. The molecule has 2 aromatic rings. The van der Waals surface area contributed by atoms with Crippen molar-refractivity contribution < 1.29 is 13.2 Å². The van der Waals surface area contributed by atoms with E-state index in [9.17, 15) is 13.7 Å². The maximum atomic E-state index is 12.1. The van der Waals surface area contributed by atoms with Gasteiger partial charge in [-0.1, -0.05) is 25.7 Å². The second-order valence-corrected chi connectivity index (χ2v) is 14.5. The lowest BCUT2D eigenvalue weighted by Gasteiger charge is -2.16. The van der Waals surface area contributed by atoms with Crippen LogP contribution in [0.3, 0.4) is 0 Å². The number of hydrogen-bond donors (Lipinski definition) is 0. The van der Waals surface area contributed by atoms with E-state index in [1.165, 1.54) is 0 Å². The van der Waals surface area contributed by atoms with Crippen LogP contribution in [0.2, 0.25) is 25.7 Å². The van der Waals surface area contributed by atoms with Crippen LogP contribution in [-0.2, 0) is 21.3 Å². The molecule has 0 amide bonds. The Kier molecular flexibility index (Phi) is 4.99. The van der Waals surface area contributed by atoms with Gasteiger partial charge in [0, 0.05) is 32.5 Å². The van der Waals surface area contributed by atoms with Gasteiger partial charge in [-0.05, 0) is 18.2 Å². The van der Waals surface area contributed by atoms with Crippen molar-refractivity contribution >= 4 is 28.8 Å². The van der Waals surface area contributed by atoms with Crippen molar-refractivity contribution in [3.63, 3.8) is 0 Å². The maximum Gasteiger partial charge on any atom is 0.178 e. The second kappa shape index (κ2) is 6.47. The Morgan fingerprint density at radius 3 is 2.52 bits per heavy atom. The molecule has 5 nitrogen and oxygen atoms in total. The number of fused-ring (bicyclic) bond motifs is 1. The molecule has 1 aromatic carbocycles. The molecule has 0 aliphatic rings. The summed E-state index contributed by atoms with van der Waals surface area (Å²) in [5.74, 6) is 0. The smallest absolute Gasteiger partial charge is 0.178 e. The predicted molar refractivity (Wildman–Crippen MR) is 93.9 cm³/mol. The minimum Gasteiger partial charge on any atom is -0.361 e. The van der Waals surface area contributed by atoms with E-state index in [4.69, 9.17) is 4.74 Å². The molecule has 0 saturated heterocycles. The van der Waals surface area contributed by atoms with Crippen molar-refractivity contribution in [3.05, 3.63) is 30.0 Å². The van der Waals surface area contributed by atoms with Gasteiger partial charge in [0.05, 0.1) is 11.1 Å². The molecule has 0 aliphatic heterocycles. The Morgan fingerprint density at radius 2 is 1.96 bits per heavy atom. The zero-order valence-electron chi connectivity index (χ0n) is 14.0. The topological polar surface area (TPSA) is 72.1 Å². The van der Waals surface area contributed by atoms with Gasteiger partial charge in [-0.25, -0.2) is 8.42 Å². The van der Waals surface area contributed by atoms with Gasteiger partial charge < -0.3 is 9.30 Å². The van der Waals surface area contributed by atoms with Crippen LogP contribution in [-0.4, -0.2) is 33.9 Å². The zero-order chi connectivity index (χ0) is 17.3. The first kappa shape index (κ1) is 17.7. The fraction of sp³-hybridized carbons (Fsp3) is 0.438. The summed E-state index contributed by atoms with van der Waals surface area (Å²) in [5, 5.41) is 10.0. The van der Waals surface area contributed by atoms with Crippen LogP contribution in [0, 0.1) is 11.3 Å². The van der Waals surface area contributed by atoms with E-state index in [1.54, 1.807) is 22.9 Å². The maximum absolute atomic E-state index is 12.1. The quantitative estimate of drug-likeness (QED) is 0.592. The van der Waals surface area contributed by atoms with E-state index < -0.39 is 17.9 Å². The van der Waals surface area contributed by atoms with Crippen LogP contribution in [0.25, 0.3) is 10.9 Å². The number of benzene rings is 1. The van der Waals surface area contributed by atoms with Crippen LogP contribution in [0.5, 0.6) is 0 Å². The highest BCUT2D eigenvalue weighted by Gasteiger charge is 2.20. The number of hydrogen-bond acceptors (Lipinski definition) is 4. The standard InChI is InChI=1S/C16H22N2O3SSi/c1-22(19,20)16-14(11-17)6-5-13-7-8-18(15(13)16)12-21-9-10-23(2,3)4/h5-8H,9-10,12H2,1-4H3. The second-order valence-electron chi connectivity index (χ2n) is 6.90. The molecule has 23 heavy (non-hydrogen) atoms. The number of rotatable bonds is 6. The summed E-state index contributed by atoms with van der Waals surface area (Å²) < 4.78 is 31.8. The summed E-state index contributed by atoms with van der Waals surface area (Å²) in [4.78, 5) is 0.0799. The molecule has 0 fully saturated rings. The van der Waals surface area contributed by atoms with Crippen LogP contribution in [0.1, 0.15) is 5.56 Å². The van der Waals surface area contributed by atoms with Crippen molar-refractivity contribution in [2.75, 3.05) is 12.9 Å². The Balaban J connectivity index is 2.37. The summed E-state index contributed by atoms with van der Waals surface area (Å²) in [6.07, 6.45) is 2.93. The lowest BCUT2D eigenvalue weighted by Crippen LogP contribution is -2.22. The molecule has 2 rings (SSSR count). The first-order chi connectivity index (χ1) is 10.6. The molecular formula is C16H22N2O3SSi. The molecule has 124 valence electrons. The van der Waals surface area contributed by atoms with Gasteiger partial charge in [0.15, 0.2) is 9.84 Å². The molecule has 0 radical (unpaired) electrons. The number of nitrogens with zero attached hydrogens (tertiary/aromatic N) is 2. The van der Waals surface area contributed by atoms with Crippen LogP contribution in [0.4, 0.5) is 0 Å². The molecular weight excluding hydrogens is 328 g/mol. The fourth-order valence-corrected chi connectivity index (χ4v) is 4.23. The summed E-state index contributed by atoms with van der Waals surface area (Å²) in [6.45, 7) is 7.78. The highest BCUT2D eigenvalue weighted by Crippen LogP contribution is 2.27. The monoisotopic (exact) mass is 350 g/mol. The lowest BCUT2D eigenvalue weighted by molar-refractivity contribution is 0.0900. The van der Waals surface area contributed by atoms with Gasteiger partial charge in [-0.2, -0.15) is 5.26 Å².